The monoisotopic (exact) mass is 582 g/mol. The Hall–Kier alpha value is -3.01. The summed E-state index contributed by atoms with van der Waals surface area (Å²) in [6.45, 7) is 1.75. The highest BCUT2D eigenvalue weighted by Gasteiger charge is 2.30. The van der Waals surface area contributed by atoms with Crippen LogP contribution in [0.25, 0.3) is 5.57 Å². The molecule has 0 saturated heterocycles. The molecule has 3 aromatic carbocycles. The maximum absolute atomic E-state index is 13.3. The number of hydrogen-bond acceptors (Lipinski definition) is 4. The zero-order valence-electron chi connectivity index (χ0n) is 18.5. The van der Waals surface area contributed by atoms with E-state index < -0.39 is 17.7 Å². The van der Waals surface area contributed by atoms with Gasteiger partial charge in [0.25, 0.3) is 0 Å². The summed E-state index contributed by atoms with van der Waals surface area (Å²) in [5.41, 5.74) is 1.92. The van der Waals surface area contributed by atoms with E-state index in [9.17, 15) is 18.0 Å². The van der Waals surface area contributed by atoms with Crippen molar-refractivity contribution in [3.63, 3.8) is 0 Å². The second kappa shape index (κ2) is 11.4. The summed E-state index contributed by atoms with van der Waals surface area (Å²) in [5.74, 6) is 0.601. The number of esters is 1. The molecule has 3 rings (SSSR count). The Morgan fingerprint density at radius 1 is 0.971 bits per heavy atom. The lowest BCUT2D eigenvalue weighted by atomic mass is 9.96. The molecule has 0 aromatic heterocycles. The molecule has 0 fully saturated rings. The molecule has 0 N–H and O–H groups in total. The van der Waals surface area contributed by atoms with Crippen molar-refractivity contribution in [2.24, 2.45) is 0 Å². The summed E-state index contributed by atoms with van der Waals surface area (Å²) in [7, 11) is 1.28. The van der Waals surface area contributed by atoms with Crippen molar-refractivity contribution in [3.8, 4) is 11.5 Å². The third-order valence-corrected chi connectivity index (χ3v) is 5.63. The molecule has 178 valence electrons. The third-order valence-electron chi connectivity index (χ3n) is 4.91. The van der Waals surface area contributed by atoms with E-state index in [0.717, 1.165) is 26.8 Å². The molecule has 0 amide bonds. The number of benzene rings is 3. The van der Waals surface area contributed by atoms with Crippen molar-refractivity contribution in [1.82, 2.24) is 0 Å². The smallest absolute Gasteiger partial charge is 0.416 e. The number of methoxy groups -OCH3 is 1. The van der Waals surface area contributed by atoms with Crippen LogP contribution in [0.15, 0.2) is 72.8 Å². The summed E-state index contributed by atoms with van der Waals surface area (Å²) < 4.78 is 56.6. The lowest BCUT2D eigenvalue weighted by Gasteiger charge is -2.13. The van der Waals surface area contributed by atoms with Gasteiger partial charge in [0.15, 0.2) is 6.61 Å². The van der Waals surface area contributed by atoms with Crippen LogP contribution < -0.4 is 9.47 Å². The summed E-state index contributed by atoms with van der Waals surface area (Å²) in [4.78, 5) is 11.3. The molecule has 0 heterocycles. The van der Waals surface area contributed by atoms with E-state index in [2.05, 4.69) is 27.3 Å². The van der Waals surface area contributed by atoms with Gasteiger partial charge in [-0.25, -0.2) is 4.79 Å². The molecule has 34 heavy (non-hydrogen) atoms. The summed E-state index contributed by atoms with van der Waals surface area (Å²) >= 11 is 2.18. The average Bonchev–Trinajstić information content (AvgIpc) is 2.81. The van der Waals surface area contributed by atoms with Crippen LogP contribution in [-0.2, 0) is 15.7 Å². The van der Waals surface area contributed by atoms with Crippen LogP contribution in [-0.4, -0.2) is 26.3 Å². The predicted molar refractivity (Wildman–Crippen MR) is 132 cm³/mol. The zero-order chi connectivity index (χ0) is 24.7. The number of aryl methyl sites for hydroxylation is 1. The predicted octanol–water partition coefficient (Wildman–Crippen LogP) is 6.68. The van der Waals surface area contributed by atoms with Crippen molar-refractivity contribution in [3.05, 3.63) is 98.6 Å². The highest BCUT2D eigenvalue weighted by atomic mass is 127. The van der Waals surface area contributed by atoms with E-state index in [-0.39, 0.29) is 13.2 Å². The highest BCUT2D eigenvalue weighted by Crippen LogP contribution is 2.33. The fraction of sp³-hybridized carbons (Fsp3) is 0.192. The molecule has 3 aromatic rings. The minimum absolute atomic E-state index is 0.138. The molecular formula is C26H22F3IO4. The number of halogens is 4. The second-order valence-corrected chi connectivity index (χ2v) is 8.55. The Balaban J connectivity index is 1.82. The number of carbonyl (C=O) groups excluding carboxylic acids is 1. The first-order chi connectivity index (χ1) is 16.2. The Morgan fingerprint density at radius 2 is 1.71 bits per heavy atom. The van der Waals surface area contributed by atoms with Crippen molar-refractivity contribution in [2.45, 2.75) is 13.1 Å². The van der Waals surface area contributed by atoms with Gasteiger partial charge in [-0.2, -0.15) is 13.2 Å². The number of ether oxygens (including phenoxy) is 3. The first-order valence-electron chi connectivity index (χ1n) is 10.2. The molecule has 0 spiro atoms. The third kappa shape index (κ3) is 6.99. The van der Waals surface area contributed by atoms with Gasteiger partial charge < -0.3 is 14.2 Å². The van der Waals surface area contributed by atoms with E-state index in [4.69, 9.17) is 9.47 Å². The Labute approximate surface area is 209 Å². The molecular weight excluding hydrogens is 560 g/mol. The maximum atomic E-state index is 13.3. The molecule has 0 aliphatic rings. The largest absolute Gasteiger partial charge is 0.489 e. The SMILES string of the molecule is COC(=O)COc1ccc(OC/C=C(\c2ccc(I)cc2)c2cccc(C(F)(F)F)c2)cc1C. The normalized spacial score (nSPS) is 11.8. The van der Waals surface area contributed by atoms with Gasteiger partial charge in [0, 0.05) is 3.57 Å². The van der Waals surface area contributed by atoms with Crippen LogP contribution in [0.1, 0.15) is 22.3 Å². The second-order valence-electron chi connectivity index (χ2n) is 7.31. The molecule has 0 atom stereocenters. The number of hydrogen-bond donors (Lipinski definition) is 0. The molecule has 0 bridgehead atoms. The summed E-state index contributed by atoms with van der Waals surface area (Å²) in [6, 6.07) is 17.9. The summed E-state index contributed by atoms with van der Waals surface area (Å²) in [6.07, 6.45) is -2.67. The molecule has 0 saturated carbocycles. The zero-order valence-corrected chi connectivity index (χ0v) is 20.6. The fourth-order valence-corrected chi connectivity index (χ4v) is 3.54. The van der Waals surface area contributed by atoms with Crippen molar-refractivity contribution in [2.75, 3.05) is 20.3 Å². The van der Waals surface area contributed by atoms with Crippen LogP contribution in [0.3, 0.4) is 0 Å². The number of alkyl halides is 3. The molecule has 0 aliphatic carbocycles. The van der Waals surface area contributed by atoms with E-state index in [1.807, 2.05) is 31.2 Å². The van der Waals surface area contributed by atoms with Gasteiger partial charge in [-0.15, -0.1) is 0 Å². The Morgan fingerprint density at radius 3 is 2.35 bits per heavy atom. The van der Waals surface area contributed by atoms with Crippen molar-refractivity contribution < 1.29 is 32.2 Å². The fourth-order valence-electron chi connectivity index (χ4n) is 3.19. The molecule has 0 aliphatic heterocycles. The van der Waals surface area contributed by atoms with E-state index in [1.54, 1.807) is 30.3 Å². The van der Waals surface area contributed by atoms with Gasteiger partial charge in [0.1, 0.15) is 18.1 Å². The van der Waals surface area contributed by atoms with E-state index in [0.29, 0.717) is 22.6 Å². The van der Waals surface area contributed by atoms with Gasteiger partial charge in [-0.05, 0) is 100 Å². The van der Waals surface area contributed by atoms with Crippen LogP contribution in [0, 0.1) is 10.5 Å². The van der Waals surface area contributed by atoms with Gasteiger partial charge in [-0.3, -0.25) is 0 Å². The summed E-state index contributed by atoms with van der Waals surface area (Å²) in [5, 5.41) is 0. The minimum atomic E-state index is -4.43. The van der Waals surface area contributed by atoms with Gasteiger partial charge >= 0.3 is 12.1 Å². The van der Waals surface area contributed by atoms with Crippen molar-refractivity contribution in [1.29, 1.82) is 0 Å². The molecule has 8 heteroatoms. The number of carbonyl (C=O) groups is 1. The molecule has 0 radical (unpaired) electrons. The lowest BCUT2D eigenvalue weighted by Crippen LogP contribution is -2.13. The molecule has 0 unspecified atom stereocenters. The van der Waals surface area contributed by atoms with Crippen molar-refractivity contribution >= 4 is 34.1 Å². The lowest BCUT2D eigenvalue weighted by molar-refractivity contribution is -0.143. The minimum Gasteiger partial charge on any atom is -0.489 e. The van der Waals surface area contributed by atoms with Crippen LogP contribution in [0.4, 0.5) is 13.2 Å². The molecule has 4 nitrogen and oxygen atoms in total. The van der Waals surface area contributed by atoms with Gasteiger partial charge in [-0.1, -0.05) is 24.3 Å². The van der Waals surface area contributed by atoms with Gasteiger partial charge in [0.05, 0.1) is 12.7 Å². The topological polar surface area (TPSA) is 44.8 Å². The van der Waals surface area contributed by atoms with E-state index >= 15 is 0 Å². The quantitative estimate of drug-likeness (QED) is 0.220. The highest BCUT2D eigenvalue weighted by molar-refractivity contribution is 14.1. The Bertz CT molecular complexity index is 1170. The first kappa shape index (κ1) is 25.6. The van der Waals surface area contributed by atoms with Gasteiger partial charge in [0.2, 0.25) is 0 Å². The van der Waals surface area contributed by atoms with Crippen LogP contribution in [0.5, 0.6) is 11.5 Å². The average molecular weight is 582 g/mol. The van der Waals surface area contributed by atoms with Crippen LogP contribution in [0.2, 0.25) is 0 Å². The standard InChI is InChI=1S/C26H22F3IO4/c1-17-14-22(10-11-24(17)34-16-25(31)32-2)33-13-12-23(18-6-8-21(30)9-7-18)19-4-3-5-20(15-19)26(27,28)29/h3-12,14-15H,13,16H2,1-2H3/b23-12+. The van der Waals surface area contributed by atoms with Crippen LogP contribution >= 0.6 is 22.6 Å². The Kier molecular flexibility index (Phi) is 8.60. The maximum Gasteiger partial charge on any atom is 0.416 e. The van der Waals surface area contributed by atoms with E-state index in [1.165, 1.54) is 13.2 Å². The first-order valence-corrected chi connectivity index (χ1v) is 11.3. The number of rotatable bonds is 8.